The molecule has 1 saturated heterocycles. The molecule has 23 heavy (non-hydrogen) atoms. The Morgan fingerprint density at radius 3 is 2.43 bits per heavy atom. The van der Waals surface area contributed by atoms with Crippen molar-refractivity contribution in [2.45, 2.75) is 12.8 Å². The standard InChI is InChI=1S/C16H19N5O2/c17-15(22)11-6-9-21(10-7-11)13-3-1-12(2-4-13)19-16(23)14-5-8-18-20-14/h1-5,8,11H,6-7,9-10H2,(H2,17,22)(H,18,20)(H,19,23). The third kappa shape index (κ3) is 3.50. The molecule has 4 N–H and O–H groups in total. The van der Waals surface area contributed by atoms with Gasteiger partial charge in [0, 0.05) is 36.6 Å². The molecule has 0 spiro atoms. The lowest BCUT2D eigenvalue weighted by Crippen LogP contribution is -2.38. The second-order valence-electron chi connectivity index (χ2n) is 5.64. The van der Waals surface area contributed by atoms with Crippen LogP contribution in [0.1, 0.15) is 23.3 Å². The van der Waals surface area contributed by atoms with Crippen LogP contribution in [0, 0.1) is 5.92 Å². The van der Waals surface area contributed by atoms with Gasteiger partial charge in [0.1, 0.15) is 5.69 Å². The van der Waals surface area contributed by atoms with Gasteiger partial charge in [-0.3, -0.25) is 14.7 Å². The summed E-state index contributed by atoms with van der Waals surface area (Å²) in [6.45, 7) is 1.63. The Balaban J connectivity index is 1.59. The first-order valence-electron chi connectivity index (χ1n) is 7.58. The van der Waals surface area contributed by atoms with Crippen molar-refractivity contribution in [3.05, 3.63) is 42.2 Å². The summed E-state index contributed by atoms with van der Waals surface area (Å²) in [6.07, 6.45) is 3.11. The van der Waals surface area contributed by atoms with Crippen molar-refractivity contribution in [3.63, 3.8) is 0 Å². The molecule has 2 amide bonds. The molecule has 0 unspecified atom stereocenters. The van der Waals surface area contributed by atoms with Gasteiger partial charge in [-0.05, 0) is 43.2 Å². The second-order valence-corrected chi connectivity index (χ2v) is 5.64. The average molecular weight is 313 g/mol. The van der Waals surface area contributed by atoms with Crippen LogP contribution in [0.3, 0.4) is 0 Å². The maximum atomic E-state index is 11.9. The van der Waals surface area contributed by atoms with Gasteiger partial charge in [-0.2, -0.15) is 5.10 Å². The van der Waals surface area contributed by atoms with Crippen LogP contribution in [0.2, 0.25) is 0 Å². The molecule has 1 aliphatic rings. The fraction of sp³-hybridized carbons (Fsp3) is 0.312. The summed E-state index contributed by atoms with van der Waals surface area (Å²) in [4.78, 5) is 25.3. The topological polar surface area (TPSA) is 104 Å². The van der Waals surface area contributed by atoms with Gasteiger partial charge in [0.05, 0.1) is 0 Å². The Hall–Kier alpha value is -2.83. The van der Waals surface area contributed by atoms with Crippen LogP contribution in [0.4, 0.5) is 11.4 Å². The number of carbonyl (C=O) groups excluding carboxylic acids is 2. The highest BCUT2D eigenvalue weighted by Gasteiger charge is 2.23. The first-order valence-corrected chi connectivity index (χ1v) is 7.58. The van der Waals surface area contributed by atoms with Crippen molar-refractivity contribution in [2.24, 2.45) is 11.7 Å². The van der Waals surface area contributed by atoms with Gasteiger partial charge in [-0.25, -0.2) is 0 Å². The number of primary amides is 1. The van der Waals surface area contributed by atoms with Crippen molar-refractivity contribution in [1.29, 1.82) is 0 Å². The Morgan fingerprint density at radius 2 is 1.87 bits per heavy atom. The number of benzene rings is 1. The number of hydrogen-bond acceptors (Lipinski definition) is 4. The molecule has 2 aromatic rings. The number of carbonyl (C=O) groups is 2. The van der Waals surface area contributed by atoms with Gasteiger partial charge < -0.3 is 16.0 Å². The molecular formula is C16H19N5O2. The minimum atomic E-state index is -0.225. The summed E-state index contributed by atoms with van der Waals surface area (Å²) in [7, 11) is 0. The van der Waals surface area contributed by atoms with E-state index in [0.717, 1.165) is 37.3 Å². The van der Waals surface area contributed by atoms with Gasteiger partial charge in [0.15, 0.2) is 0 Å². The average Bonchev–Trinajstić information content (AvgIpc) is 3.10. The molecule has 1 aromatic carbocycles. The molecular weight excluding hydrogens is 294 g/mol. The number of amides is 2. The number of nitrogens with one attached hydrogen (secondary N) is 2. The Morgan fingerprint density at radius 1 is 1.17 bits per heavy atom. The van der Waals surface area contributed by atoms with E-state index in [1.54, 1.807) is 6.07 Å². The van der Waals surface area contributed by atoms with Crippen LogP contribution in [-0.4, -0.2) is 35.1 Å². The number of anilines is 2. The van der Waals surface area contributed by atoms with E-state index in [1.807, 2.05) is 24.3 Å². The Kier molecular flexibility index (Phi) is 4.27. The highest BCUT2D eigenvalue weighted by Crippen LogP contribution is 2.24. The maximum absolute atomic E-state index is 11.9. The maximum Gasteiger partial charge on any atom is 0.273 e. The summed E-state index contributed by atoms with van der Waals surface area (Å²) in [6, 6.07) is 9.28. The Labute approximate surface area is 133 Å². The molecule has 120 valence electrons. The van der Waals surface area contributed by atoms with E-state index < -0.39 is 0 Å². The molecule has 7 nitrogen and oxygen atoms in total. The van der Waals surface area contributed by atoms with Crippen molar-refractivity contribution < 1.29 is 9.59 Å². The van der Waals surface area contributed by atoms with Crippen LogP contribution in [0.5, 0.6) is 0 Å². The van der Waals surface area contributed by atoms with E-state index in [-0.39, 0.29) is 17.7 Å². The van der Waals surface area contributed by atoms with E-state index in [9.17, 15) is 9.59 Å². The highest BCUT2D eigenvalue weighted by atomic mass is 16.2. The molecule has 0 bridgehead atoms. The summed E-state index contributed by atoms with van der Waals surface area (Å²) >= 11 is 0. The van der Waals surface area contributed by atoms with Gasteiger partial charge in [-0.15, -0.1) is 0 Å². The van der Waals surface area contributed by atoms with Crippen LogP contribution in [-0.2, 0) is 4.79 Å². The monoisotopic (exact) mass is 313 g/mol. The lowest BCUT2D eigenvalue weighted by Gasteiger charge is -2.32. The normalized spacial score (nSPS) is 15.4. The van der Waals surface area contributed by atoms with E-state index >= 15 is 0 Å². The van der Waals surface area contributed by atoms with Gasteiger partial charge in [0.2, 0.25) is 5.91 Å². The highest BCUT2D eigenvalue weighted by molar-refractivity contribution is 6.02. The van der Waals surface area contributed by atoms with Crippen LogP contribution >= 0.6 is 0 Å². The largest absolute Gasteiger partial charge is 0.371 e. The molecule has 1 aromatic heterocycles. The minimum absolute atomic E-state index is 0.0146. The van der Waals surface area contributed by atoms with Crippen molar-refractivity contribution in [3.8, 4) is 0 Å². The zero-order valence-corrected chi connectivity index (χ0v) is 12.7. The predicted octanol–water partition coefficient (Wildman–Crippen LogP) is 1.36. The number of aromatic amines is 1. The molecule has 3 rings (SSSR count). The summed E-state index contributed by atoms with van der Waals surface area (Å²) < 4.78 is 0. The number of H-pyrrole nitrogens is 1. The van der Waals surface area contributed by atoms with Gasteiger partial charge in [0.25, 0.3) is 5.91 Å². The zero-order chi connectivity index (χ0) is 16.2. The van der Waals surface area contributed by atoms with Crippen LogP contribution in [0.25, 0.3) is 0 Å². The molecule has 0 saturated carbocycles. The number of piperidine rings is 1. The first-order chi connectivity index (χ1) is 11.1. The quantitative estimate of drug-likeness (QED) is 0.792. The smallest absolute Gasteiger partial charge is 0.273 e. The predicted molar refractivity (Wildman–Crippen MR) is 87.1 cm³/mol. The minimum Gasteiger partial charge on any atom is -0.371 e. The lowest BCUT2D eigenvalue weighted by molar-refractivity contribution is -0.122. The van der Waals surface area contributed by atoms with E-state index in [2.05, 4.69) is 20.4 Å². The van der Waals surface area contributed by atoms with Crippen molar-refractivity contribution in [2.75, 3.05) is 23.3 Å². The zero-order valence-electron chi connectivity index (χ0n) is 12.7. The van der Waals surface area contributed by atoms with E-state index in [4.69, 9.17) is 5.73 Å². The van der Waals surface area contributed by atoms with E-state index in [1.165, 1.54) is 6.20 Å². The number of nitrogens with zero attached hydrogens (tertiary/aromatic N) is 2. The molecule has 2 heterocycles. The fourth-order valence-electron chi connectivity index (χ4n) is 2.76. The molecule has 1 fully saturated rings. The molecule has 0 aliphatic carbocycles. The van der Waals surface area contributed by atoms with Crippen molar-refractivity contribution in [1.82, 2.24) is 10.2 Å². The van der Waals surface area contributed by atoms with Crippen LogP contribution < -0.4 is 16.0 Å². The summed E-state index contributed by atoms with van der Waals surface area (Å²) in [5.41, 5.74) is 7.57. The third-order valence-corrected chi connectivity index (χ3v) is 4.13. The third-order valence-electron chi connectivity index (χ3n) is 4.13. The SMILES string of the molecule is NC(=O)C1CCN(c2ccc(NC(=O)c3ccn[nH]3)cc2)CC1. The number of hydrogen-bond donors (Lipinski definition) is 3. The molecule has 0 atom stereocenters. The number of nitrogens with two attached hydrogens (primary N) is 1. The Bertz CT molecular complexity index is 673. The molecule has 7 heteroatoms. The molecule has 0 radical (unpaired) electrons. The second kappa shape index (κ2) is 6.51. The summed E-state index contributed by atoms with van der Waals surface area (Å²) in [5, 5.41) is 9.19. The van der Waals surface area contributed by atoms with Gasteiger partial charge in [-0.1, -0.05) is 0 Å². The lowest BCUT2D eigenvalue weighted by atomic mass is 9.96. The van der Waals surface area contributed by atoms with E-state index in [0.29, 0.717) is 5.69 Å². The van der Waals surface area contributed by atoms with Crippen molar-refractivity contribution >= 4 is 23.2 Å². The summed E-state index contributed by atoms with van der Waals surface area (Å²) in [5.74, 6) is -0.446. The number of aromatic nitrogens is 2. The van der Waals surface area contributed by atoms with Gasteiger partial charge >= 0.3 is 0 Å². The first kappa shape index (κ1) is 15.1. The molecule has 1 aliphatic heterocycles. The number of rotatable bonds is 4. The van der Waals surface area contributed by atoms with Crippen LogP contribution in [0.15, 0.2) is 36.5 Å². The fourth-order valence-corrected chi connectivity index (χ4v) is 2.76.